The number of phenolic OH excluding ortho intramolecular Hbond substituents is 1. The Balaban J connectivity index is 3.28. The molecule has 0 radical (unpaired) electrons. The van der Waals surface area contributed by atoms with Crippen LogP contribution >= 0.6 is 0 Å². The summed E-state index contributed by atoms with van der Waals surface area (Å²) in [4.78, 5) is 10.0. The second-order valence-electron chi connectivity index (χ2n) is 4.00. The van der Waals surface area contributed by atoms with Crippen molar-refractivity contribution in [3.8, 4) is 5.75 Å². The Morgan fingerprint density at radius 3 is 2.53 bits per heavy atom. The molecule has 0 aliphatic heterocycles. The minimum absolute atomic E-state index is 0.0420. The lowest BCUT2D eigenvalue weighted by molar-refractivity contribution is -0.385. The number of benzene rings is 1. The van der Waals surface area contributed by atoms with E-state index in [1.165, 1.54) is 18.2 Å². The number of hydrogen-bond acceptors (Lipinski definition) is 4. The third-order valence-corrected chi connectivity index (χ3v) is 2.32. The Morgan fingerprint density at radius 1 is 1.47 bits per heavy atom. The van der Waals surface area contributed by atoms with Crippen molar-refractivity contribution in [1.29, 1.82) is 0 Å². The van der Waals surface area contributed by atoms with Gasteiger partial charge in [0.15, 0.2) is 0 Å². The van der Waals surface area contributed by atoms with E-state index in [-0.39, 0.29) is 18.0 Å². The van der Waals surface area contributed by atoms with Crippen LogP contribution in [0.15, 0.2) is 18.2 Å². The molecule has 0 bridgehead atoms. The molecule has 82 valence electrons. The van der Waals surface area contributed by atoms with Crippen LogP contribution in [0.4, 0.5) is 5.69 Å². The molecule has 0 unspecified atom stereocenters. The molecule has 0 amide bonds. The van der Waals surface area contributed by atoms with Crippen LogP contribution in [0.5, 0.6) is 5.75 Å². The molecular formula is C10H13NO4. The van der Waals surface area contributed by atoms with Crippen LogP contribution < -0.4 is 0 Å². The van der Waals surface area contributed by atoms with E-state index in [9.17, 15) is 15.2 Å². The van der Waals surface area contributed by atoms with Gasteiger partial charge in [-0.25, -0.2) is 0 Å². The summed E-state index contributed by atoms with van der Waals surface area (Å²) >= 11 is 0. The van der Waals surface area contributed by atoms with Gasteiger partial charge >= 0.3 is 0 Å². The number of nitro groups is 1. The zero-order valence-corrected chi connectivity index (χ0v) is 8.60. The molecule has 2 N–H and O–H groups in total. The highest BCUT2D eigenvalue weighted by molar-refractivity contribution is 5.46. The van der Waals surface area contributed by atoms with Gasteiger partial charge in [-0.3, -0.25) is 10.1 Å². The zero-order valence-electron chi connectivity index (χ0n) is 8.60. The average molecular weight is 211 g/mol. The molecule has 0 heterocycles. The lowest BCUT2D eigenvalue weighted by Crippen LogP contribution is -2.22. The minimum Gasteiger partial charge on any atom is -0.508 e. The average Bonchev–Trinajstić information content (AvgIpc) is 2.17. The molecule has 1 rings (SSSR count). The summed E-state index contributed by atoms with van der Waals surface area (Å²) in [5, 5.41) is 29.2. The van der Waals surface area contributed by atoms with Crippen molar-refractivity contribution in [2.24, 2.45) is 0 Å². The van der Waals surface area contributed by atoms with Crippen LogP contribution in [-0.2, 0) is 5.41 Å². The second kappa shape index (κ2) is 3.86. The number of aromatic hydroxyl groups is 1. The first kappa shape index (κ1) is 11.5. The van der Waals surface area contributed by atoms with Gasteiger partial charge in [0.25, 0.3) is 5.69 Å². The van der Waals surface area contributed by atoms with Gasteiger partial charge in [-0.1, -0.05) is 13.8 Å². The van der Waals surface area contributed by atoms with Crippen molar-refractivity contribution in [2.75, 3.05) is 6.61 Å². The maximum Gasteiger partial charge on any atom is 0.269 e. The summed E-state index contributed by atoms with van der Waals surface area (Å²) < 4.78 is 0. The van der Waals surface area contributed by atoms with Crippen LogP contribution in [-0.4, -0.2) is 21.7 Å². The molecule has 0 spiro atoms. The van der Waals surface area contributed by atoms with Gasteiger partial charge in [-0.15, -0.1) is 0 Å². The Morgan fingerprint density at radius 2 is 2.07 bits per heavy atom. The molecule has 0 fully saturated rings. The largest absolute Gasteiger partial charge is 0.508 e. The van der Waals surface area contributed by atoms with Gasteiger partial charge in [0, 0.05) is 23.1 Å². The first-order valence-corrected chi connectivity index (χ1v) is 4.47. The molecular weight excluding hydrogens is 198 g/mol. The van der Waals surface area contributed by atoms with Crippen LogP contribution in [0.1, 0.15) is 19.4 Å². The number of hydrogen-bond donors (Lipinski definition) is 2. The number of nitrogens with zero attached hydrogens (tertiary/aromatic N) is 1. The van der Waals surface area contributed by atoms with Crippen LogP contribution in [0, 0.1) is 10.1 Å². The van der Waals surface area contributed by atoms with E-state index in [4.69, 9.17) is 5.11 Å². The molecule has 1 aromatic rings. The van der Waals surface area contributed by atoms with Crippen LogP contribution in [0.3, 0.4) is 0 Å². The van der Waals surface area contributed by atoms with E-state index in [1.807, 2.05) is 0 Å². The van der Waals surface area contributed by atoms with Gasteiger partial charge in [-0.2, -0.15) is 0 Å². The van der Waals surface area contributed by atoms with Gasteiger partial charge in [-0.05, 0) is 6.07 Å². The monoisotopic (exact) mass is 211 g/mol. The third kappa shape index (κ3) is 2.24. The van der Waals surface area contributed by atoms with E-state index < -0.39 is 10.3 Å². The van der Waals surface area contributed by atoms with Crippen molar-refractivity contribution < 1.29 is 15.1 Å². The topological polar surface area (TPSA) is 83.6 Å². The second-order valence-corrected chi connectivity index (χ2v) is 4.00. The normalized spacial score (nSPS) is 11.4. The van der Waals surface area contributed by atoms with Crippen molar-refractivity contribution >= 4 is 5.69 Å². The molecule has 0 saturated heterocycles. The van der Waals surface area contributed by atoms with E-state index in [1.54, 1.807) is 13.8 Å². The standard InChI is InChI=1S/C10H13NO4/c1-10(2,6-12)8-5-7(11(14)15)3-4-9(8)13/h3-5,12-13H,6H2,1-2H3. The predicted molar refractivity (Wildman–Crippen MR) is 54.9 cm³/mol. The summed E-state index contributed by atoms with van der Waals surface area (Å²) in [6, 6.07) is 3.78. The number of phenols is 1. The summed E-state index contributed by atoms with van der Waals surface area (Å²) in [7, 11) is 0. The highest BCUT2D eigenvalue weighted by atomic mass is 16.6. The molecule has 0 aromatic heterocycles. The first-order chi connectivity index (χ1) is 6.88. The van der Waals surface area contributed by atoms with Crippen LogP contribution in [0.25, 0.3) is 0 Å². The fourth-order valence-corrected chi connectivity index (χ4v) is 1.26. The Hall–Kier alpha value is -1.62. The van der Waals surface area contributed by atoms with E-state index in [2.05, 4.69) is 0 Å². The molecule has 5 heteroatoms. The predicted octanol–water partition coefficient (Wildman–Crippen LogP) is 1.57. The molecule has 0 atom stereocenters. The third-order valence-electron chi connectivity index (χ3n) is 2.32. The van der Waals surface area contributed by atoms with Gasteiger partial charge < -0.3 is 10.2 Å². The number of aliphatic hydroxyl groups is 1. The maximum atomic E-state index is 10.5. The van der Waals surface area contributed by atoms with Crippen molar-refractivity contribution in [3.63, 3.8) is 0 Å². The number of non-ortho nitro benzene ring substituents is 1. The fraction of sp³-hybridized carbons (Fsp3) is 0.400. The fourth-order valence-electron chi connectivity index (χ4n) is 1.26. The summed E-state index contributed by atoms with van der Waals surface area (Å²) in [6.07, 6.45) is 0. The minimum atomic E-state index is -0.698. The summed E-state index contributed by atoms with van der Waals surface area (Å²) in [5.41, 5.74) is -0.417. The Kier molecular flexibility index (Phi) is 2.95. The SMILES string of the molecule is CC(C)(CO)c1cc([N+](=O)[O-])ccc1O. The molecule has 0 aliphatic carbocycles. The number of rotatable bonds is 3. The molecule has 1 aromatic carbocycles. The van der Waals surface area contributed by atoms with E-state index in [0.717, 1.165) is 0 Å². The number of aliphatic hydroxyl groups excluding tert-OH is 1. The highest BCUT2D eigenvalue weighted by Crippen LogP contribution is 2.33. The van der Waals surface area contributed by atoms with Crippen LogP contribution in [0.2, 0.25) is 0 Å². The maximum absolute atomic E-state index is 10.5. The van der Waals surface area contributed by atoms with Gasteiger partial charge in [0.1, 0.15) is 5.75 Å². The first-order valence-electron chi connectivity index (χ1n) is 4.47. The summed E-state index contributed by atoms with van der Waals surface area (Å²) in [5.74, 6) is -0.0420. The molecule has 0 saturated carbocycles. The lowest BCUT2D eigenvalue weighted by Gasteiger charge is -2.22. The van der Waals surface area contributed by atoms with E-state index in [0.29, 0.717) is 5.56 Å². The van der Waals surface area contributed by atoms with Gasteiger partial charge in [0.05, 0.1) is 11.5 Å². The smallest absolute Gasteiger partial charge is 0.269 e. The van der Waals surface area contributed by atoms with Gasteiger partial charge in [0.2, 0.25) is 0 Å². The Labute approximate surface area is 87.1 Å². The Bertz CT molecular complexity index is 387. The highest BCUT2D eigenvalue weighted by Gasteiger charge is 2.25. The van der Waals surface area contributed by atoms with E-state index >= 15 is 0 Å². The quantitative estimate of drug-likeness (QED) is 0.587. The lowest BCUT2D eigenvalue weighted by atomic mass is 9.85. The zero-order chi connectivity index (χ0) is 11.6. The van der Waals surface area contributed by atoms with Crippen molar-refractivity contribution in [3.05, 3.63) is 33.9 Å². The van der Waals surface area contributed by atoms with Crippen molar-refractivity contribution in [2.45, 2.75) is 19.3 Å². The summed E-state index contributed by atoms with van der Waals surface area (Å²) in [6.45, 7) is 3.21. The van der Waals surface area contributed by atoms with Crippen molar-refractivity contribution in [1.82, 2.24) is 0 Å². The molecule has 0 aliphatic rings. The molecule has 5 nitrogen and oxygen atoms in total. The number of nitro benzene ring substituents is 1. The molecule has 15 heavy (non-hydrogen) atoms.